The summed E-state index contributed by atoms with van der Waals surface area (Å²) in [5.41, 5.74) is 2.01. The molecule has 0 fully saturated rings. The summed E-state index contributed by atoms with van der Waals surface area (Å²) in [7, 11) is 0. The number of furan rings is 1. The maximum absolute atomic E-state index is 13.0. The fraction of sp³-hybridized carbons (Fsp3) is 0. The highest BCUT2D eigenvalue weighted by atomic mass is 35.5. The molecule has 23 heavy (non-hydrogen) atoms. The van der Waals surface area contributed by atoms with Crippen LogP contribution in [0.25, 0.3) is 23.0 Å². The first kappa shape index (κ1) is 15.1. The number of benzene rings is 2. The molecule has 4 heteroatoms. The van der Waals surface area contributed by atoms with Crippen molar-refractivity contribution in [3.05, 3.63) is 82.8 Å². The highest BCUT2D eigenvalue weighted by Crippen LogP contribution is 2.25. The van der Waals surface area contributed by atoms with Crippen LogP contribution in [0.1, 0.15) is 11.3 Å². The van der Waals surface area contributed by atoms with Gasteiger partial charge in [-0.25, -0.2) is 4.39 Å². The van der Waals surface area contributed by atoms with Gasteiger partial charge in [-0.05, 0) is 60.2 Å². The van der Waals surface area contributed by atoms with Crippen LogP contribution in [0.3, 0.4) is 0 Å². The van der Waals surface area contributed by atoms with Crippen LogP contribution in [0.2, 0.25) is 5.02 Å². The summed E-state index contributed by atoms with van der Waals surface area (Å²) in [4.78, 5) is 0. The Morgan fingerprint density at radius 2 is 1.70 bits per heavy atom. The highest BCUT2D eigenvalue weighted by Gasteiger charge is 2.06. The smallest absolute Gasteiger partial charge is 0.134 e. The third-order valence-corrected chi connectivity index (χ3v) is 3.57. The molecule has 0 unspecified atom stereocenters. The molecular weight excluding hydrogens is 313 g/mol. The molecule has 0 bridgehead atoms. The zero-order valence-corrected chi connectivity index (χ0v) is 12.7. The van der Waals surface area contributed by atoms with Gasteiger partial charge < -0.3 is 4.42 Å². The summed E-state index contributed by atoms with van der Waals surface area (Å²) in [6, 6.07) is 18.8. The Morgan fingerprint density at radius 3 is 2.35 bits per heavy atom. The lowest BCUT2D eigenvalue weighted by Gasteiger charge is -1.99. The van der Waals surface area contributed by atoms with Gasteiger partial charge >= 0.3 is 0 Å². The van der Waals surface area contributed by atoms with Crippen LogP contribution in [0.5, 0.6) is 0 Å². The minimum absolute atomic E-state index is 0.296. The molecule has 0 atom stereocenters. The standard InChI is InChI=1S/C19H11ClFNO/c20-16-5-1-13(2-6-16)15(12-22)11-18-9-10-19(23-18)14-3-7-17(21)8-4-14/h1-11H. The lowest BCUT2D eigenvalue weighted by atomic mass is 10.1. The molecular formula is C19H11ClFNO. The van der Waals surface area contributed by atoms with Crippen molar-refractivity contribution < 1.29 is 8.81 Å². The summed E-state index contributed by atoms with van der Waals surface area (Å²) in [6.45, 7) is 0. The molecule has 0 saturated heterocycles. The van der Waals surface area contributed by atoms with Crippen molar-refractivity contribution in [2.45, 2.75) is 0 Å². The summed E-state index contributed by atoms with van der Waals surface area (Å²) < 4.78 is 18.7. The normalized spacial score (nSPS) is 11.3. The van der Waals surface area contributed by atoms with Crippen LogP contribution >= 0.6 is 11.6 Å². The first-order valence-electron chi connectivity index (χ1n) is 6.89. The molecule has 0 aliphatic rings. The average Bonchev–Trinajstić information content (AvgIpc) is 3.03. The van der Waals surface area contributed by atoms with Crippen LogP contribution in [0.15, 0.2) is 65.1 Å². The molecule has 0 N–H and O–H groups in total. The van der Waals surface area contributed by atoms with E-state index in [9.17, 15) is 9.65 Å². The van der Waals surface area contributed by atoms with Gasteiger partial charge in [-0.2, -0.15) is 5.26 Å². The second-order valence-electron chi connectivity index (χ2n) is 4.89. The Morgan fingerprint density at radius 1 is 1.00 bits per heavy atom. The molecule has 1 heterocycles. The third-order valence-electron chi connectivity index (χ3n) is 3.32. The molecule has 0 radical (unpaired) electrons. The lowest BCUT2D eigenvalue weighted by Crippen LogP contribution is -1.80. The topological polar surface area (TPSA) is 36.9 Å². The van der Waals surface area contributed by atoms with E-state index >= 15 is 0 Å². The Bertz CT molecular complexity index is 886. The monoisotopic (exact) mass is 323 g/mol. The van der Waals surface area contributed by atoms with Crippen LogP contribution in [0.4, 0.5) is 4.39 Å². The molecule has 3 rings (SSSR count). The van der Waals surface area contributed by atoms with E-state index in [2.05, 4.69) is 6.07 Å². The number of hydrogen-bond acceptors (Lipinski definition) is 2. The van der Waals surface area contributed by atoms with Crippen LogP contribution in [-0.4, -0.2) is 0 Å². The number of halogens is 2. The van der Waals surface area contributed by atoms with Crippen molar-refractivity contribution in [3.8, 4) is 17.4 Å². The first-order valence-corrected chi connectivity index (χ1v) is 7.27. The van der Waals surface area contributed by atoms with E-state index < -0.39 is 0 Å². The molecule has 0 spiro atoms. The van der Waals surface area contributed by atoms with Crippen molar-refractivity contribution in [3.63, 3.8) is 0 Å². The molecule has 2 aromatic carbocycles. The zero-order valence-electron chi connectivity index (χ0n) is 12.0. The van der Waals surface area contributed by atoms with E-state index in [0.717, 1.165) is 11.1 Å². The highest BCUT2D eigenvalue weighted by molar-refractivity contribution is 6.30. The molecule has 0 amide bonds. The second kappa shape index (κ2) is 6.51. The Hall–Kier alpha value is -2.83. The van der Waals surface area contributed by atoms with Gasteiger partial charge in [-0.3, -0.25) is 0 Å². The van der Waals surface area contributed by atoms with E-state index in [4.69, 9.17) is 16.0 Å². The lowest BCUT2D eigenvalue weighted by molar-refractivity contribution is 0.571. The molecule has 1 aromatic heterocycles. The number of nitrogens with zero attached hydrogens (tertiary/aromatic N) is 1. The summed E-state index contributed by atoms with van der Waals surface area (Å²) >= 11 is 5.85. The van der Waals surface area contributed by atoms with Gasteiger partial charge in [0.15, 0.2) is 0 Å². The van der Waals surface area contributed by atoms with E-state index in [1.54, 1.807) is 54.6 Å². The van der Waals surface area contributed by atoms with Gasteiger partial charge in [-0.1, -0.05) is 23.7 Å². The first-order chi connectivity index (χ1) is 11.2. The molecule has 0 saturated carbocycles. The fourth-order valence-corrected chi connectivity index (χ4v) is 2.28. The van der Waals surface area contributed by atoms with Crippen molar-refractivity contribution in [2.24, 2.45) is 0 Å². The van der Waals surface area contributed by atoms with Gasteiger partial charge in [0, 0.05) is 10.6 Å². The van der Waals surface area contributed by atoms with E-state index in [0.29, 0.717) is 22.1 Å². The molecule has 0 aliphatic heterocycles. The summed E-state index contributed by atoms with van der Waals surface area (Å²) in [5.74, 6) is 0.871. The minimum Gasteiger partial charge on any atom is -0.457 e. The molecule has 0 aliphatic carbocycles. The van der Waals surface area contributed by atoms with Gasteiger partial charge in [0.2, 0.25) is 0 Å². The van der Waals surface area contributed by atoms with Gasteiger partial charge in [0.1, 0.15) is 17.3 Å². The van der Waals surface area contributed by atoms with E-state index in [1.807, 2.05) is 0 Å². The predicted molar refractivity (Wildman–Crippen MR) is 89.0 cm³/mol. The third kappa shape index (κ3) is 3.50. The maximum Gasteiger partial charge on any atom is 0.134 e. The van der Waals surface area contributed by atoms with Crippen molar-refractivity contribution in [1.82, 2.24) is 0 Å². The number of hydrogen-bond donors (Lipinski definition) is 0. The van der Waals surface area contributed by atoms with Gasteiger partial charge in [-0.15, -0.1) is 0 Å². The average molecular weight is 324 g/mol. The van der Waals surface area contributed by atoms with Crippen molar-refractivity contribution >= 4 is 23.3 Å². The van der Waals surface area contributed by atoms with E-state index in [1.165, 1.54) is 12.1 Å². The molecule has 112 valence electrons. The quantitative estimate of drug-likeness (QED) is 0.571. The Balaban J connectivity index is 1.91. The van der Waals surface area contributed by atoms with Crippen LogP contribution < -0.4 is 0 Å². The number of allylic oxidation sites excluding steroid dienone is 1. The minimum atomic E-state index is -0.296. The Labute approximate surface area is 138 Å². The largest absolute Gasteiger partial charge is 0.457 e. The summed E-state index contributed by atoms with van der Waals surface area (Å²) in [5, 5.41) is 9.94. The molecule has 2 nitrogen and oxygen atoms in total. The van der Waals surface area contributed by atoms with Crippen LogP contribution in [0, 0.1) is 17.1 Å². The number of nitriles is 1. The van der Waals surface area contributed by atoms with Gasteiger partial charge in [0.05, 0.1) is 11.6 Å². The van der Waals surface area contributed by atoms with E-state index in [-0.39, 0.29) is 5.82 Å². The number of rotatable bonds is 3. The second-order valence-corrected chi connectivity index (χ2v) is 5.32. The molecule has 3 aromatic rings. The fourth-order valence-electron chi connectivity index (χ4n) is 2.15. The van der Waals surface area contributed by atoms with Crippen LogP contribution in [-0.2, 0) is 0 Å². The van der Waals surface area contributed by atoms with Gasteiger partial charge in [0.25, 0.3) is 0 Å². The maximum atomic E-state index is 13.0. The van der Waals surface area contributed by atoms with Crippen molar-refractivity contribution in [1.29, 1.82) is 5.26 Å². The predicted octanol–water partition coefficient (Wildman–Crippen LogP) is 5.80. The summed E-state index contributed by atoms with van der Waals surface area (Å²) in [6.07, 6.45) is 1.66. The van der Waals surface area contributed by atoms with Crippen molar-refractivity contribution in [2.75, 3.05) is 0 Å². The Kier molecular flexibility index (Phi) is 4.27. The SMILES string of the molecule is N#CC(=Cc1ccc(-c2ccc(F)cc2)o1)c1ccc(Cl)cc1. The zero-order chi connectivity index (χ0) is 16.2.